The third kappa shape index (κ3) is 4.85. The number of halogens is 1. The fraction of sp³-hybridized carbons (Fsp3) is 0.150. The van der Waals surface area contributed by atoms with Crippen LogP contribution < -0.4 is 5.32 Å². The molecule has 29 heavy (non-hydrogen) atoms. The molecule has 1 amide bonds. The Morgan fingerprint density at radius 2 is 2.14 bits per heavy atom. The lowest BCUT2D eigenvalue weighted by Crippen LogP contribution is -2.15. The Kier molecular flexibility index (Phi) is 5.64. The molecule has 7 nitrogen and oxygen atoms in total. The third-order valence-electron chi connectivity index (χ3n) is 4.29. The second-order valence-corrected chi connectivity index (χ2v) is 7.90. The minimum atomic E-state index is -0.124. The molecule has 2 aromatic heterocycles. The fourth-order valence-electron chi connectivity index (χ4n) is 2.86. The molecule has 0 aliphatic heterocycles. The van der Waals surface area contributed by atoms with Crippen molar-refractivity contribution in [1.29, 1.82) is 0 Å². The van der Waals surface area contributed by atoms with E-state index in [0.29, 0.717) is 11.4 Å². The smallest absolute Gasteiger partial charge is 0.230 e. The summed E-state index contributed by atoms with van der Waals surface area (Å²) in [6, 6.07) is 13.4. The minimum Gasteiger partial charge on any atom is -0.325 e. The highest BCUT2D eigenvalue weighted by Crippen LogP contribution is 2.21. The minimum absolute atomic E-state index is 0.124. The summed E-state index contributed by atoms with van der Waals surface area (Å²) in [5, 5.41) is 17.7. The van der Waals surface area contributed by atoms with Crippen LogP contribution in [0.25, 0.3) is 5.69 Å². The molecule has 146 valence electrons. The number of hydrogen-bond donors (Lipinski definition) is 1. The van der Waals surface area contributed by atoms with Crippen LogP contribution in [0.15, 0.2) is 54.2 Å². The number of thiazole rings is 1. The van der Waals surface area contributed by atoms with Gasteiger partial charge in [-0.1, -0.05) is 29.8 Å². The van der Waals surface area contributed by atoms with E-state index in [0.717, 1.165) is 33.2 Å². The molecule has 1 N–H and O–H groups in total. The van der Waals surface area contributed by atoms with Gasteiger partial charge in [0, 0.05) is 22.5 Å². The van der Waals surface area contributed by atoms with Gasteiger partial charge in [-0.2, -0.15) is 0 Å². The topological polar surface area (TPSA) is 85.6 Å². The summed E-state index contributed by atoms with van der Waals surface area (Å²) in [6.07, 6.45) is 2.41. The van der Waals surface area contributed by atoms with E-state index >= 15 is 0 Å². The molecule has 0 spiro atoms. The van der Waals surface area contributed by atoms with E-state index in [1.165, 1.54) is 11.0 Å². The van der Waals surface area contributed by atoms with Gasteiger partial charge in [0.1, 0.15) is 6.33 Å². The molecule has 2 heterocycles. The third-order valence-corrected chi connectivity index (χ3v) is 5.43. The summed E-state index contributed by atoms with van der Waals surface area (Å²) in [7, 11) is 0. The highest BCUT2D eigenvalue weighted by atomic mass is 35.5. The highest BCUT2D eigenvalue weighted by Gasteiger charge is 2.11. The molecule has 0 radical (unpaired) electrons. The van der Waals surface area contributed by atoms with Gasteiger partial charge in [0.05, 0.1) is 22.8 Å². The lowest BCUT2D eigenvalue weighted by atomic mass is 10.1. The van der Waals surface area contributed by atoms with Gasteiger partial charge in [0.15, 0.2) is 0 Å². The molecule has 0 fully saturated rings. The van der Waals surface area contributed by atoms with Crippen LogP contribution in [0.3, 0.4) is 0 Å². The first-order chi connectivity index (χ1) is 14.1. The quantitative estimate of drug-likeness (QED) is 0.508. The number of nitrogens with one attached hydrogen (secondary N) is 1. The molecule has 4 aromatic rings. The molecule has 0 aliphatic rings. The SMILES string of the molecule is Cc1ccc(-n2cnnn2)cc1NC(=O)Cc1csc(Cc2cccc(Cl)c2)n1. The zero-order chi connectivity index (χ0) is 20.2. The molecule has 0 saturated heterocycles. The largest absolute Gasteiger partial charge is 0.325 e. The summed E-state index contributed by atoms with van der Waals surface area (Å²) >= 11 is 7.58. The lowest BCUT2D eigenvalue weighted by Gasteiger charge is -2.10. The molecule has 0 saturated carbocycles. The van der Waals surface area contributed by atoms with Gasteiger partial charge >= 0.3 is 0 Å². The van der Waals surface area contributed by atoms with Gasteiger partial charge in [-0.25, -0.2) is 9.67 Å². The molecule has 9 heteroatoms. The number of rotatable bonds is 6. The Hall–Kier alpha value is -3.10. The Balaban J connectivity index is 1.41. The van der Waals surface area contributed by atoms with Crippen molar-refractivity contribution in [2.75, 3.05) is 5.32 Å². The van der Waals surface area contributed by atoms with Crippen LogP contribution in [0.4, 0.5) is 5.69 Å². The number of amides is 1. The monoisotopic (exact) mass is 424 g/mol. The van der Waals surface area contributed by atoms with Crippen molar-refractivity contribution in [3.63, 3.8) is 0 Å². The van der Waals surface area contributed by atoms with Gasteiger partial charge in [-0.3, -0.25) is 4.79 Å². The van der Waals surface area contributed by atoms with Crippen LogP contribution in [-0.2, 0) is 17.6 Å². The van der Waals surface area contributed by atoms with Crippen LogP contribution in [0, 0.1) is 6.92 Å². The average Bonchev–Trinajstić information content (AvgIpc) is 3.36. The second-order valence-electron chi connectivity index (χ2n) is 6.52. The number of hydrogen-bond acceptors (Lipinski definition) is 6. The summed E-state index contributed by atoms with van der Waals surface area (Å²) < 4.78 is 1.54. The number of aromatic nitrogens is 5. The highest BCUT2D eigenvalue weighted by molar-refractivity contribution is 7.09. The van der Waals surface area contributed by atoms with E-state index in [4.69, 9.17) is 11.6 Å². The van der Waals surface area contributed by atoms with Gasteiger partial charge in [-0.05, 0) is 52.7 Å². The van der Waals surface area contributed by atoms with E-state index in [2.05, 4.69) is 25.8 Å². The van der Waals surface area contributed by atoms with Gasteiger partial charge in [0.2, 0.25) is 5.91 Å². The van der Waals surface area contributed by atoms with E-state index in [1.54, 1.807) is 11.3 Å². The van der Waals surface area contributed by atoms with Gasteiger partial charge < -0.3 is 5.32 Å². The number of carbonyl (C=O) groups is 1. The first-order valence-corrected chi connectivity index (χ1v) is 10.1. The Morgan fingerprint density at radius 1 is 1.24 bits per heavy atom. The van der Waals surface area contributed by atoms with Crippen LogP contribution in [-0.4, -0.2) is 31.1 Å². The second kappa shape index (κ2) is 8.50. The summed E-state index contributed by atoms with van der Waals surface area (Å²) in [5.74, 6) is -0.124. The van der Waals surface area contributed by atoms with E-state index < -0.39 is 0 Å². The molecule has 4 rings (SSSR count). The maximum Gasteiger partial charge on any atom is 0.230 e. The molecule has 0 aliphatic carbocycles. The predicted molar refractivity (Wildman–Crippen MR) is 113 cm³/mol. The Morgan fingerprint density at radius 3 is 2.93 bits per heavy atom. The summed E-state index contributed by atoms with van der Waals surface area (Å²) in [4.78, 5) is 17.1. The van der Waals surface area contributed by atoms with Crippen LogP contribution in [0.1, 0.15) is 21.8 Å². The van der Waals surface area contributed by atoms with Crippen molar-refractivity contribution in [2.45, 2.75) is 19.8 Å². The Bertz CT molecular complexity index is 1140. The number of carbonyl (C=O) groups excluding carboxylic acids is 1. The standard InChI is InChI=1S/C20H17ClN6OS/c1-13-5-6-17(27-12-22-25-26-27)10-18(13)24-19(28)9-16-11-29-20(23-16)8-14-3-2-4-15(21)7-14/h2-7,10-12H,8-9H2,1H3,(H,24,28). The number of benzene rings is 2. The molecular formula is C20H17ClN6OS. The summed E-state index contributed by atoms with van der Waals surface area (Å²) in [6.45, 7) is 1.94. The van der Waals surface area contributed by atoms with Crippen LogP contribution in [0.5, 0.6) is 0 Å². The van der Waals surface area contributed by atoms with Crippen LogP contribution in [0.2, 0.25) is 5.02 Å². The maximum absolute atomic E-state index is 12.5. The number of aryl methyl sites for hydroxylation is 1. The van der Waals surface area contributed by atoms with Gasteiger partial charge in [-0.15, -0.1) is 16.4 Å². The van der Waals surface area contributed by atoms with Crippen molar-refractivity contribution >= 4 is 34.5 Å². The van der Waals surface area contributed by atoms with Crippen molar-refractivity contribution < 1.29 is 4.79 Å². The first kappa shape index (κ1) is 19.2. The normalized spacial score (nSPS) is 10.8. The van der Waals surface area contributed by atoms with Crippen molar-refractivity contribution in [2.24, 2.45) is 0 Å². The zero-order valence-corrected chi connectivity index (χ0v) is 17.1. The number of nitrogens with zero attached hydrogens (tertiary/aromatic N) is 5. The fourth-order valence-corrected chi connectivity index (χ4v) is 3.90. The van der Waals surface area contributed by atoms with E-state index in [-0.39, 0.29) is 12.3 Å². The van der Waals surface area contributed by atoms with E-state index in [1.807, 2.05) is 54.8 Å². The van der Waals surface area contributed by atoms with Crippen LogP contribution >= 0.6 is 22.9 Å². The molecule has 0 bridgehead atoms. The van der Waals surface area contributed by atoms with E-state index in [9.17, 15) is 4.79 Å². The number of tetrazole rings is 1. The summed E-state index contributed by atoms with van der Waals surface area (Å²) in [5.41, 5.74) is 4.29. The lowest BCUT2D eigenvalue weighted by molar-refractivity contribution is -0.115. The molecule has 0 unspecified atom stereocenters. The van der Waals surface area contributed by atoms with Crippen molar-refractivity contribution in [3.05, 3.63) is 81.0 Å². The maximum atomic E-state index is 12.5. The average molecular weight is 425 g/mol. The number of anilines is 1. The predicted octanol–water partition coefficient (Wildman–Crippen LogP) is 3.85. The molecule has 0 atom stereocenters. The van der Waals surface area contributed by atoms with Gasteiger partial charge in [0.25, 0.3) is 0 Å². The molecular weight excluding hydrogens is 408 g/mol. The first-order valence-electron chi connectivity index (χ1n) is 8.88. The zero-order valence-electron chi connectivity index (χ0n) is 15.5. The molecule has 2 aromatic carbocycles. The van der Waals surface area contributed by atoms with Crippen molar-refractivity contribution in [3.8, 4) is 5.69 Å². The Labute approximate surface area is 176 Å². The van der Waals surface area contributed by atoms with Crippen molar-refractivity contribution in [1.82, 2.24) is 25.2 Å².